The van der Waals surface area contributed by atoms with Crippen molar-refractivity contribution in [3.8, 4) is 0 Å². The van der Waals surface area contributed by atoms with Crippen molar-refractivity contribution in [2.24, 2.45) is 0 Å². The van der Waals surface area contributed by atoms with Gasteiger partial charge in [0.15, 0.2) is 4.77 Å². The lowest BCUT2D eigenvalue weighted by Gasteiger charge is -2.05. The Kier molecular flexibility index (Phi) is 7.12. The van der Waals surface area contributed by atoms with E-state index in [0.29, 0.717) is 11.4 Å². The largest absolute Gasteiger partial charge is 0.383 e. The fraction of sp³-hybridized carbons (Fsp3) is 0.833. The maximum absolute atomic E-state index is 5.20. The molecule has 1 aromatic rings. The van der Waals surface area contributed by atoms with Crippen LogP contribution in [0.3, 0.4) is 0 Å². The van der Waals surface area contributed by atoms with Crippen LogP contribution in [0.5, 0.6) is 0 Å². The van der Waals surface area contributed by atoms with E-state index < -0.39 is 0 Å². The Morgan fingerprint density at radius 3 is 2.76 bits per heavy atom. The Morgan fingerprint density at radius 1 is 1.29 bits per heavy atom. The number of hydrogen-bond donors (Lipinski definition) is 1. The first kappa shape index (κ1) is 14.4. The Bertz CT molecular complexity index is 359. The van der Waals surface area contributed by atoms with Gasteiger partial charge in [-0.05, 0) is 18.6 Å². The summed E-state index contributed by atoms with van der Waals surface area (Å²) >= 11 is 5.20. The van der Waals surface area contributed by atoms with E-state index in [4.69, 9.17) is 17.0 Å². The molecule has 98 valence electrons. The zero-order chi connectivity index (χ0) is 12.5. The third-order valence-corrected chi connectivity index (χ3v) is 3.17. The molecule has 1 aromatic heterocycles. The van der Waals surface area contributed by atoms with Crippen molar-refractivity contribution in [1.29, 1.82) is 0 Å². The minimum absolute atomic E-state index is 0.677. The molecule has 0 radical (unpaired) electrons. The summed E-state index contributed by atoms with van der Waals surface area (Å²) in [5, 5.41) is 7.14. The van der Waals surface area contributed by atoms with Crippen molar-refractivity contribution in [3.63, 3.8) is 0 Å². The lowest BCUT2D eigenvalue weighted by molar-refractivity contribution is 0.186. The molecule has 0 aromatic carbocycles. The van der Waals surface area contributed by atoms with Gasteiger partial charge in [0.2, 0.25) is 0 Å². The van der Waals surface area contributed by atoms with Crippen LogP contribution in [0.25, 0.3) is 0 Å². The van der Waals surface area contributed by atoms with E-state index in [-0.39, 0.29) is 0 Å². The quantitative estimate of drug-likeness (QED) is 0.546. The summed E-state index contributed by atoms with van der Waals surface area (Å²) in [5.74, 6) is 1.06. The maximum Gasteiger partial charge on any atom is 0.195 e. The van der Waals surface area contributed by atoms with Crippen LogP contribution in [0.1, 0.15) is 44.9 Å². The van der Waals surface area contributed by atoms with Crippen molar-refractivity contribution in [2.45, 2.75) is 52.0 Å². The van der Waals surface area contributed by atoms with Crippen molar-refractivity contribution in [2.75, 3.05) is 13.7 Å². The minimum Gasteiger partial charge on any atom is -0.383 e. The SMILES string of the molecule is CCCCCCCc1n[nH]c(=S)n1CCOC. The van der Waals surface area contributed by atoms with Crippen LogP contribution in [0.2, 0.25) is 0 Å². The average Bonchev–Trinajstić information content (AvgIpc) is 2.68. The Morgan fingerprint density at radius 2 is 2.06 bits per heavy atom. The molecule has 0 amide bonds. The number of aryl methyl sites for hydroxylation is 1. The van der Waals surface area contributed by atoms with Gasteiger partial charge < -0.3 is 9.30 Å². The van der Waals surface area contributed by atoms with Crippen LogP contribution < -0.4 is 0 Å². The number of nitrogens with zero attached hydrogens (tertiary/aromatic N) is 2. The normalized spacial score (nSPS) is 10.9. The second-order valence-electron chi connectivity index (χ2n) is 4.25. The summed E-state index contributed by atoms with van der Waals surface area (Å²) in [6.07, 6.45) is 7.40. The third-order valence-electron chi connectivity index (χ3n) is 2.86. The molecule has 0 bridgehead atoms. The molecule has 5 heteroatoms. The summed E-state index contributed by atoms with van der Waals surface area (Å²) in [7, 11) is 1.70. The second kappa shape index (κ2) is 8.42. The number of nitrogens with one attached hydrogen (secondary N) is 1. The molecule has 0 saturated carbocycles. The molecule has 17 heavy (non-hydrogen) atoms. The van der Waals surface area contributed by atoms with Gasteiger partial charge in [-0.3, -0.25) is 5.10 Å². The number of methoxy groups -OCH3 is 1. The summed E-state index contributed by atoms with van der Waals surface area (Å²) in [5.41, 5.74) is 0. The summed E-state index contributed by atoms with van der Waals surface area (Å²) in [6, 6.07) is 0. The highest BCUT2D eigenvalue weighted by Crippen LogP contribution is 2.07. The molecular weight excluding hydrogens is 234 g/mol. The van der Waals surface area contributed by atoms with E-state index in [1.807, 2.05) is 4.57 Å². The van der Waals surface area contributed by atoms with Crippen LogP contribution in [-0.4, -0.2) is 28.5 Å². The number of ether oxygens (including phenoxy) is 1. The average molecular weight is 257 g/mol. The molecule has 0 saturated heterocycles. The van der Waals surface area contributed by atoms with Gasteiger partial charge in [0.05, 0.1) is 6.61 Å². The fourth-order valence-electron chi connectivity index (χ4n) is 1.84. The standard InChI is InChI=1S/C12H23N3OS/c1-3-4-5-6-7-8-11-13-14-12(17)15(11)9-10-16-2/h3-10H2,1-2H3,(H,14,17). The number of rotatable bonds is 9. The molecule has 0 fully saturated rings. The fourth-order valence-corrected chi connectivity index (χ4v) is 2.08. The van der Waals surface area contributed by atoms with E-state index in [9.17, 15) is 0 Å². The minimum atomic E-state index is 0.677. The molecular formula is C12H23N3OS. The predicted octanol–water partition coefficient (Wildman–Crippen LogP) is 3.10. The van der Waals surface area contributed by atoms with Gasteiger partial charge in [-0.1, -0.05) is 32.6 Å². The van der Waals surface area contributed by atoms with Gasteiger partial charge in [-0.15, -0.1) is 0 Å². The van der Waals surface area contributed by atoms with Gasteiger partial charge in [0, 0.05) is 20.1 Å². The first-order chi connectivity index (χ1) is 8.29. The summed E-state index contributed by atoms with van der Waals surface area (Å²) in [6.45, 7) is 3.70. The summed E-state index contributed by atoms with van der Waals surface area (Å²) in [4.78, 5) is 0. The molecule has 1 heterocycles. The Balaban J connectivity index is 2.39. The van der Waals surface area contributed by atoms with E-state index >= 15 is 0 Å². The molecule has 1 N–H and O–H groups in total. The zero-order valence-electron chi connectivity index (χ0n) is 10.9. The zero-order valence-corrected chi connectivity index (χ0v) is 11.7. The smallest absolute Gasteiger partial charge is 0.195 e. The van der Waals surface area contributed by atoms with Gasteiger partial charge in [-0.2, -0.15) is 5.10 Å². The van der Waals surface area contributed by atoms with Crippen molar-refractivity contribution in [3.05, 3.63) is 10.6 Å². The molecule has 4 nitrogen and oxygen atoms in total. The Hall–Kier alpha value is -0.680. The summed E-state index contributed by atoms with van der Waals surface area (Å²) < 4.78 is 7.81. The molecule has 0 aliphatic rings. The van der Waals surface area contributed by atoms with Gasteiger partial charge in [-0.25, -0.2) is 0 Å². The second-order valence-corrected chi connectivity index (χ2v) is 4.64. The molecule has 1 rings (SSSR count). The van der Waals surface area contributed by atoms with Gasteiger partial charge in [0.1, 0.15) is 5.82 Å². The van der Waals surface area contributed by atoms with E-state index in [0.717, 1.165) is 18.8 Å². The first-order valence-electron chi connectivity index (χ1n) is 6.42. The molecule has 0 aliphatic heterocycles. The maximum atomic E-state index is 5.20. The topological polar surface area (TPSA) is 42.8 Å². The molecule has 0 atom stereocenters. The Labute approximate surface area is 108 Å². The molecule has 0 aliphatic carbocycles. The van der Waals surface area contributed by atoms with Crippen molar-refractivity contribution < 1.29 is 4.74 Å². The molecule has 0 spiro atoms. The number of hydrogen-bond acceptors (Lipinski definition) is 3. The lowest BCUT2D eigenvalue weighted by atomic mass is 10.1. The number of H-pyrrole nitrogens is 1. The van der Waals surface area contributed by atoms with Gasteiger partial charge >= 0.3 is 0 Å². The van der Waals surface area contributed by atoms with Crippen LogP contribution in [-0.2, 0) is 17.7 Å². The number of aromatic amines is 1. The van der Waals surface area contributed by atoms with E-state index in [2.05, 4.69) is 17.1 Å². The van der Waals surface area contributed by atoms with Crippen LogP contribution in [0, 0.1) is 4.77 Å². The highest BCUT2D eigenvalue weighted by atomic mass is 32.1. The number of unbranched alkanes of at least 4 members (excludes halogenated alkanes) is 4. The highest BCUT2D eigenvalue weighted by Gasteiger charge is 2.05. The van der Waals surface area contributed by atoms with Gasteiger partial charge in [0.25, 0.3) is 0 Å². The lowest BCUT2D eigenvalue weighted by Crippen LogP contribution is -2.08. The van der Waals surface area contributed by atoms with E-state index in [1.54, 1.807) is 7.11 Å². The van der Waals surface area contributed by atoms with Crippen molar-refractivity contribution in [1.82, 2.24) is 14.8 Å². The highest BCUT2D eigenvalue weighted by molar-refractivity contribution is 7.71. The molecule has 0 unspecified atom stereocenters. The number of aromatic nitrogens is 3. The van der Waals surface area contributed by atoms with Crippen LogP contribution in [0.15, 0.2) is 0 Å². The van der Waals surface area contributed by atoms with Crippen LogP contribution >= 0.6 is 12.2 Å². The first-order valence-corrected chi connectivity index (χ1v) is 6.83. The predicted molar refractivity (Wildman–Crippen MR) is 71.8 cm³/mol. The van der Waals surface area contributed by atoms with Crippen molar-refractivity contribution >= 4 is 12.2 Å². The van der Waals surface area contributed by atoms with Crippen LogP contribution in [0.4, 0.5) is 0 Å². The monoisotopic (exact) mass is 257 g/mol. The van der Waals surface area contributed by atoms with E-state index in [1.165, 1.54) is 32.1 Å². The third kappa shape index (κ3) is 5.00.